The maximum Gasteiger partial charge on any atom is 0.518 e. The van der Waals surface area contributed by atoms with Crippen LogP contribution in [0.15, 0.2) is 4.15 Å². The van der Waals surface area contributed by atoms with Crippen LogP contribution in [0.25, 0.3) is 0 Å². The van der Waals surface area contributed by atoms with Crippen molar-refractivity contribution in [2.24, 2.45) is 4.15 Å². The van der Waals surface area contributed by atoms with Crippen LogP contribution in [-0.4, -0.2) is 22.3 Å². The number of hydrogen-bond acceptors (Lipinski definition) is 4. The molecule has 0 aliphatic rings. The van der Waals surface area contributed by atoms with E-state index >= 15 is 0 Å². The lowest BCUT2D eigenvalue weighted by molar-refractivity contribution is -0.0435. The highest BCUT2D eigenvalue weighted by Crippen LogP contribution is 2.52. The van der Waals surface area contributed by atoms with E-state index in [0.717, 1.165) is 4.15 Å². The summed E-state index contributed by atoms with van der Waals surface area (Å²) in [5.74, 6) is 0. The van der Waals surface area contributed by atoms with Gasteiger partial charge in [-0.15, -0.1) is 0 Å². The third-order valence-corrected chi connectivity index (χ3v) is 4.74. The molecule has 0 bridgehead atoms. The number of nitrogens with zero attached hydrogens (tertiary/aromatic N) is 1. The van der Waals surface area contributed by atoms with Gasteiger partial charge in [0.2, 0.25) is 0 Å². The summed E-state index contributed by atoms with van der Waals surface area (Å²) in [5, 5.41) is 0. The molecule has 16 heavy (non-hydrogen) atoms. The number of rotatable bonds is 3. The largest absolute Gasteiger partial charge is 0.518 e. The predicted molar refractivity (Wildman–Crippen MR) is 39.7 cm³/mol. The van der Waals surface area contributed by atoms with Crippen LogP contribution in [0.5, 0.6) is 0 Å². The predicted octanol–water partition coefficient (Wildman–Crippen LogP) is 1.53. The molecule has 0 aliphatic heterocycles. The quantitative estimate of drug-likeness (QED) is 0.485. The van der Waals surface area contributed by atoms with Crippen LogP contribution in [0.1, 0.15) is 0 Å². The molecule has 0 saturated carbocycles. The lowest BCUT2D eigenvalue weighted by Gasteiger charge is -2.06. The average Bonchev–Trinajstić information content (AvgIpc) is 1.72. The number of nitrogens with one attached hydrogen (secondary N) is 1. The molecule has 0 atom stereocenters. The lowest BCUT2D eigenvalue weighted by Crippen LogP contribution is -2.21. The summed E-state index contributed by atoms with van der Waals surface area (Å²) in [7, 11) is -19.4. The first-order chi connectivity index (χ1) is 6.66. The van der Waals surface area contributed by atoms with Crippen molar-refractivity contribution in [3.05, 3.63) is 0 Å². The maximum atomic E-state index is 12.3. The van der Waals surface area contributed by atoms with Gasteiger partial charge in [-0.2, -0.15) is 38.4 Å². The second-order valence-corrected chi connectivity index (χ2v) is 6.66. The molecular formula is CHF6N2O4PS2. The van der Waals surface area contributed by atoms with E-state index in [-0.39, 0.29) is 4.49 Å². The number of alkyl halides is 3. The van der Waals surface area contributed by atoms with E-state index in [9.17, 15) is 42.3 Å². The fourth-order valence-corrected chi connectivity index (χ4v) is 3.26. The van der Waals surface area contributed by atoms with Gasteiger partial charge in [-0.3, -0.25) is 0 Å². The fraction of sp³-hybridized carbons (Fsp3) is 1.00. The smallest absolute Gasteiger partial charge is 0.195 e. The normalized spacial score (nSPS) is 14.9. The van der Waals surface area contributed by atoms with Gasteiger partial charge >= 0.3 is 33.8 Å². The summed E-state index contributed by atoms with van der Waals surface area (Å²) in [5.41, 5.74) is -6.13. The Morgan fingerprint density at radius 1 is 1.06 bits per heavy atom. The minimum atomic E-state index is -6.68. The van der Waals surface area contributed by atoms with Crippen molar-refractivity contribution in [1.29, 1.82) is 0 Å². The standard InChI is InChI=1S/CHF6N2O4PS2/c2-1(3,4)15(10,11)8-14(5,6)9-16(7,12)13/h9H. The van der Waals surface area contributed by atoms with Gasteiger partial charge in [-0.25, -0.2) is 0 Å². The van der Waals surface area contributed by atoms with Crippen LogP contribution in [-0.2, 0) is 20.4 Å². The molecule has 0 aromatic rings. The van der Waals surface area contributed by atoms with E-state index < -0.39 is 33.8 Å². The van der Waals surface area contributed by atoms with Gasteiger partial charge < -0.3 is 0 Å². The summed E-state index contributed by atoms with van der Waals surface area (Å²) >= 11 is 0. The third-order valence-electron chi connectivity index (χ3n) is 0.721. The van der Waals surface area contributed by atoms with Crippen molar-refractivity contribution in [2.45, 2.75) is 5.51 Å². The first kappa shape index (κ1) is 15.7. The zero-order valence-corrected chi connectivity index (χ0v) is 9.14. The van der Waals surface area contributed by atoms with Crippen LogP contribution in [0.2, 0.25) is 0 Å². The summed E-state index contributed by atoms with van der Waals surface area (Å²) in [6, 6.07) is 0. The molecule has 15 heteroatoms. The molecule has 0 saturated heterocycles. The van der Waals surface area contributed by atoms with E-state index in [0.29, 0.717) is 0 Å². The molecule has 6 nitrogen and oxygen atoms in total. The van der Waals surface area contributed by atoms with Crippen molar-refractivity contribution in [2.75, 3.05) is 0 Å². The fourth-order valence-electron chi connectivity index (χ4n) is 0.329. The van der Waals surface area contributed by atoms with Crippen LogP contribution in [0.3, 0.4) is 0 Å². The molecule has 0 radical (unpaired) electrons. The van der Waals surface area contributed by atoms with Gasteiger partial charge in [0.1, 0.15) is 0 Å². The Kier molecular flexibility index (Phi) is 4.07. The molecule has 0 fully saturated rings. The number of hydrogen-bond donors (Lipinski definition) is 1. The van der Waals surface area contributed by atoms with E-state index in [4.69, 9.17) is 0 Å². The highest BCUT2D eigenvalue weighted by Gasteiger charge is 2.48. The van der Waals surface area contributed by atoms with Crippen molar-refractivity contribution in [3.63, 3.8) is 0 Å². The van der Waals surface area contributed by atoms with Crippen LogP contribution >= 0.6 is 7.83 Å². The molecule has 0 rings (SSSR count). The monoisotopic (exact) mass is 314 g/mol. The Bertz CT molecular complexity index is 511. The second-order valence-electron chi connectivity index (χ2n) is 2.02. The highest BCUT2D eigenvalue weighted by atomic mass is 32.3. The topological polar surface area (TPSA) is 92.7 Å². The summed E-state index contributed by atoms with van der Waals surface area (Å²) in [6.45, 7) is 0. The van der Waals surface area contributed by atoms with E-state index in [1.807, 2.05) is 0 Å². The Hall–Kier alpha value is -0.330. The van der Waals surface area contributed by atoms with Gasteiger partial charge in [0.25, 0.3) is 0 Å². The molecule has 0 aromatic carbocycles. The van der Waals surface area contributed by atoms with E-state index in [2.05, 4.69) is 0 Å². The van der Waals surface area contributed by atoms with Crippen molar-refractivity contribution in [1.82, 2.24) is 4.49 Å². The molecule has 0 spiro atoms. The SMILES string of the molecule is O=S(=O)(F)NP(F)(F)=NS(=O)(=O)C(F)(F)F. The van der Waals surface area contributed by atoms with Gasteiger partial charge in [-0.05, 0) is 0 Å². The molecule has 0 amide bonds. The minimum absolute atomic E-state index is 0.239. The lowest BCUT2D eigenvalue weighted by atomic mass is 11.6. The van der Waals surface area contributed by atoms with Crippen LogP contribution < -0.4 is 4.49 Å². The average molecular weight is 314 g/mol. The Morgan fingerprint density at radius 3 is 1.69 bits per heavy atom. The Balaban J connectivity index is 5.52. The van der Waals surface area contributed by atoms with Gasteiger partial charge in [-0.1, -0.05) is 12.5 Å². The van der Waals surface area contributed by atoms with E-state index in [1.54, 1.807) is 0 Å². The highest BCUT2D eigenvalue weighted by molar-refractivity contribution is 7.96. The zero-order chi connectivity index (χ0) is 13.4. The van der Waals surface area contributed by atoms with E-state index in [1.165, 1.54) is 0 Å². The van der Waals surface area contributed by atoms with Crippen molar-refractivity contribution >= 4 is 28.3 Å². The summed E-state index contributed by atoms with van der Waals surface area (Å²) < 4.78 is 111. The van der Waals surface area contributed by atoms with Gasteiger partial charge in [0.15, 0.2) is 0 Å². The molecule has 98 valence electrons. The van der Waals surface area contributed by atoms with Crippen molar-refractivity contribution in [3.8, 4) is 0 Å². The minimum Gasteiger partial charge on any atom is -0.195 e. The van der Waals surface area contributed by atoms with Gasteiger partial charge in [0.05, 0.1) is 0 Å². The first-order valence-electron chi connectivity index (χ1n) is 2.74. The first-order valence-corrected chi connectivity index (χ1v) is 7.09. The number of halogens is 6. The molecule has 0 heterocycles. The Morgan fingerprint density at radius 2 is 1.44 bits per heavy atom. The molecule has 1 N–H and O–H groups in total. The molecule has 0 aromatic heterocycles. The molecule has 0 aliphatic carbocycles. The number of sulfonamides is 1. The van der Waals surface area contributed by atoms with Crippen LogP contribution in [0.4, 0.5) is 25.5 Å². The maximum absolute atomic E-state index is 12.3. The summed E-state index contributed by atoms with van der Waals surface area (Å²) in [4.78, 5) is 0. The third kappa shape index (κ3) is 5.14. The molecular weight excluding hydrogens is 313 g/mol. The Labute approximate surface area is 85.4 Å². The van der Waals surface area contributed by atoms with Crippen LogP contribution in [0, 0.1) is 0 Å². The van der Waals surface area contributed by atoms with Crippen molar-refractivity contribution < 1.29 is 42.3 Å². The zero-order valence-electron chi connectivity index (χ0n) is 6.61. The van der Waals surface area contributed by atoms with Gasteiger partial charge in [0, 0.05) is 0 Å². The molecule has 0 unspecified atom stereocenters. The second kappa shape index (κ2) is 4.16. The summed E-state index contributed by atoms with van der Waals surface area (Å²) in [6.07, 6.45) is 0.